The fraction of sp³-hybridized carbons (Fsp3) is 0.125. The highest BCUT2D eigenvalue weighted by atomic mass is 16.1. The number of pyridine rings is 1. The Hall–Kier alpha value is -1.18. The molecule has 0 saturated heterocycles. The molecule has 1 aromatic heterocycles. The summed E-state index contributed by atoms with van der Waals surface area (Å²) in [5.74, 6) is -0.437. The Kier molecular flexibility index (Phi) is 1.81. The first-order valence-electron chi connectivity index (χ1n) is 2.92. The first kappa shape index (κ1) is 6.93. The number of carbonyl (C=O) groups excluding carboxylic acids is 1. The van der Waals surface area contributed by atoms with Crippen LogP contribution >= 0.6 is 0 Å². The fourth-order valence-corrected chi connectivity index (χ4v) is 0.614. The van der Waals surface area contributed by atoms with Crippen molar-refractivity contribution in [2.75, 3.05) is 0 Å². The highest BCUT2D eigenvalue weighted by molar-refractivity contribution is 5.98. The van der Waals surface area contributed by atoms with E-state index in [9.17, 15) is 4.79 Å². The molecule has 0 bridgehead atoms. The molecule has 0 aliphatic rings. The third-order valence-electron chi connectivity index (χ3n) is 1.20. The highest BCUT2D eigenvalue weighted by Crippen LogP contribution is 1.98. The molecular formula is C8H7NO. The summed E-state index contributed by atoms with van der Waals surface area (Å²) in [5, 5.41) is 0. The standard InChI is InChI=1S/C8H7NO/c1-6-3-4-8(5-9-6)7(2)10/h2-5H,1H3. The van der Waals surface area contributed by atoms with Gasteiger partial charge in [-0.15, -0.1) is 0 Å². The summed E-state index contributed by atoms with van der Waals surface area (Å²) in [7, 11) is 0. The van der Waals surface area contributed by atoms with Crippen molar-refractivity contribution >= 4 is 5.78 Å². The van der Waals surface area contributed by atoms with Crippen LogP contribution in [0.25, 0.3) is 0 Å². The van der Waals surface area contributed by atoms with Gasteiger partial charge in [0.1, 0.15) is 0 Å². The van der Waals surface area contributed by atoms with E-state index in [1.165, 1.54) is 6.20 Å². The first-order valence-corrected chi connectivity index (χ1v) is 2.92. The molecule has 0 spiro atoms. The van der Waals surface area contributed by atoms with Crippen LogP contribution in [0.2, 0.25) is 0 Å². The predicted octanol–water partition coefficient (Wildman–Crippen LogP) is 1.28. The van der Waals surface area contributed by atoms with E-state index in [2.05, 4.69) is 4.98 Å². The maximum Gasteiger partial charge on any atom is 0.169 e. The molecule has 0 aliphatic carbocycles. The Balaban J connectivity index is 3.00. The summed E-state index contributed by atoms with van der Waals surface area (Å²) >= 11 is 0. The van der Waals surface area contributed by atoms with E-state index in [-0.39, 0.29) is 0 Å². The van der Waals surface area contributed by atoms with Crippen molar-refractivity contribution in [3.63, 3.8) is 0 Å². The minimum absolute atomic E-state index is 0.437. The van der Waals surface area contributed by atoms with Gasteiger partial charge < -0.3 is 0 Å². The average Bonchev–Trinajstić information content (AvgIpc) is 1.88. The van der Waals surface area contributed by atoms with Gasteiger partial charge >= 0.3 is 0 Å². The van der Waals surface area contributed by atoms with E-state index >= 15 is 0 Å². The van der Waals surface area contributed by atoms with Crippen LogP contribution in [0.4, 0.5) is 0 Å². The van der Waals surface area contributed by atoms with Gasteiger partial charge in [-0.05, 0) is 19.1 Å². The minimum atomic E-state index is -0.437. The van der Waals surface area contributed by atoms with Crippen molar-refractivity contribution in [3.05, 3.63) is 36.5 Å². The van der Waals surface area contributed by atoms with E-state index in [1.54, 1.807) is 12.1 Å². The van der Waals surface area contributed by atoms with Gasteiger partial charge in [0.05, 0.1) is 0 Å². The van der Waals surface area contributed by atoms with Gasteiger partial charge in [0, 0.05) is 24.4 Å². The predicted molar refractivity (Wildman–Crippen MR) is 37.6 cm³/mol. The Bertz CT molecular complexity index is 238. The zero-order valence-corrected chi connectivity index (χ0v) is 5.66. The SMILES string of the molecule is [CH]C(=O)c1ccc(C)nc1. The van der Waals surface area contributed by atoms with Gasteiger partial charge in [0.15, 0.2) is 5.78 Å². The monoisotopic (exact) mass is 133 g/mol. The van der Waals surface area contributed by atoms with Crippen LogP contribution in [-0.2, 0) is 0 Å². The molecule has 2 nitrogen and oxygen atoms in total. The molecule has 1 rings (SSSR count). The Morgan fingerprint density at radius 3 is 2.70 bits per heavy atom. The molecule has 0 unspecified atom stereocenters. The lowest BCUT2D eigenvalue weighted by atomic mass is 10.2. The van der Waals surface area contributed by atoms with Gasteiger partial charge in [-0.1, -0.05) is 0 Å². The number of hydrogen-bond acceptors (Lipinski definition) is 2. The third kappa shape index (κ3) is 1.41. The highest BCUT2D eigenvalue weighted by Gasteiger charge is 1.96. The molecule has 0 aromatic carbocycles. The topological polar surface area (TPSA) is 30.0 Å². The Morgan fingerprint density at radius 1 is 1.60 bits per heavy atom. The minimum Gasteiger partial charge on any atom is -0.294 e. The van der Waals surface area contributed by atoms with Crippen molar-refractivity contribution < 1.29 is 4.79 Å². The number of Topliss-reactive ketones (excluding diaryl/α,β-unsaturated/α-hetero) is 1. The summed E-state index contributed by atoms with van der Waals surface area (Å²) in [6.45, 7) is 6.84. The van der Waals surface area contributed by atoms with Crippen LogP contribution < -0.4 is 0 Å². The van der Waals surface area contributed by atoms with Crippen LogP contribution in [0.5, 0.6) is 0 Å². The van der Waals surface area contributed by atoms with Crippen LogP contribution in [-0.4, -0.2) is 10.8 Å². The van der Waals surface area contributed by atoms with Crippen molar-refractivity contribution in [2.45, 2.75) is 6.92 Å². The first-order chi connectivity index (χ1) is 4.70. The smallest absolute Gasteiger partial charge is 0.169 e. The molecule has 2 radical (unpaired) electrons. The number of rotatable bonds is 1. The lowest BCUT2D eigenvalue weighted by molar-refractivity contribution is 0.104. The number of carbonyl (C=O) groups is 1. The molecule has 0 atom stereocenters. The van der Waals surface area contributed by atoms with Crippen LogP contribution in [0.3, 0.4) is 0 Å². The number of nitrogens with zero attached hydrogens (tertiary/aromatic N) is 1. The summed E-state index contributed by atoms with van der Waals surface area (Å²) in [6.07, 6.45) is 1.47. The maximum absolute atomic E-state index is 10.5. The van der Waals surface area contributed by atoms with E-state index in [0.29, 0.717) is 5.56 Å². The third-order valence-corrected chi connectivity index (χ3v) is 1.20. The van der Waals surface area contributed by atoms with E-state index < -0.39 is 5.78 Å². The summed E-state index contributed by atoms with van der Waals surface area (Å²) in [4.78, 5) is 14.4. The number of ketones is 1. The Morgan fingerprint density at radius 2 is 2.30 bits per heavy atom. The molecule has 0 N–H and O–H groups in total. The van der Waals surface area contributed by atoms with Gasteiger partial charge in [0.25, 0.3) is 0 Å². The molecule has 0 aliphatic heterocycles. The summed E-state index contributed by atoms with van der Waals surface area (Å²) in [5.41, 5.74) is 1.33. The number of aromatic nitrogens is 1. The second-order valence-corrected chi connectivity index (χ2v) is 2.05. The van der Waals surface area contributed by atoms with Crippen LogP contribution in [0.15, 0.2) is 18.3 Å². The molecule has 10 heavy (non-hydrogen) atoms. The average molecular weight is 133 g/mol. The largest absolute Gasteiger partial charge is 0.294 e. The van der Waals surface area contributed by atoms with Gasteiger partial charge in [0.2, 0.25) is 0 Å². The molecule has 2 heteroatoms. The Labute approximate surface area is 59.9 Å². The molecular weight excluding hydrogens is 126 g/mol. The normalized spacial score (nSPS) is 9.40. The lowest BCUT2D eigenvalue weighted by Crippen LogP contribution is -1.93. The fourth-order valence-electron chi connectivity index (χ4n) is 0.614. The molecule has 0 amide bonds. The quantitative estimate of drug-likeness (QED) is 0.540. The van der Waals surface area contributed by atoms with Crippen LogP contribution in [0.1, 0.15) is 16.1 Å². The zero-order valence-electron chi connectivity index (χ0n) is 5.66. The lowest BCUT2D eigenvalue weighted by Gasteiger charge is -1.92. The summed E-state index contributed by atoms with van der Waals surface area (Å²) in [6, 6.07) is 3.41. The molecule has 1 aromatic rings. The van der Waals surface area contributed by atoms with Gasteiger partial charge in [-0.3, -0.25) is 9.78 Å². The second-order valence-electron chi connectivity index (χ2n) is 2.05. The van der Waals surface area contributed by atoms with Crippen molar-refractivity contribution in [2.24, 2.45) is 0 Å². The molecule has 50 valence electrons. The zero-order chi connectivity index (χ0) is 7.56. The maximum atomic E-state index is 10.5. The molecule has 1 heterocycles. The second kappa shape index (κ2) is 2.60. The molecule has 0 fully saturated rings. The van der Waals surface area contributed by atoms with Crippen LogP contribution in [0, 0.1) is 13.8 Å². The van der Waals surface area contributed by atoms with Crippen molar-refractivity contribution in [1.29, 1.82) is 0 Å². The van der Waals surface area contributed by atoms with Gasteiger partial charge in [-0.2, -0.15) is 0 Å². The van der Waals surface area contributed by atoms with Gasteiger partial charge in [-0.25, -0.2) is 0 Å². The number of hydrogen-bond donors (Lipinski definition) is 0. The molecule has 0 saturated carbocycles. The summed E-state index contributed by atoms with van der Waals surface area (Å²) < 4.78 is 0. The van der Waals surface area contributed by atoms with Crippen molar-refractivity contribution in [3.8, 4) is 0 Å². The van der Waals surface area contributed by atoms with E-state index in [0.717, 1.165) is 5.69 Å². The van der Waals surface area contributed by atoms with Crippen molar-refractivity contribution in [1.82, 2.24) is 4.98 Å². The number of aryl methyl sites for hydroxylation is 1. The van der Waals surface area contributed by atoms with E-state index in [1.807, 2.05) is 6.92 Å². The van der Waals surface area contributed by atoms with E-state index in [4.69, 9.17) is 6.92 Å².